The highest BCUT2D eigenvalue weighted by atomic mass is 19.1. The van der Waals surface area contributed by atoms with Crippen molar-refractivity contribution in [3.8, 4) is 12.1 Å². The summed E-state index contributed by atoms with van der Waals surface area (Å²) < 4.78 is 12.9. The summed E-state index contributed by atoms with van der Waals surface area (Å²) in [5, 5.41) is 26.3. The first kappa shape index (κ1) is 12.0. The first-order chi connectivity index (χ1) is 7.72. The number of rotatable bonds is 4. The van der Waals surface area contributed by atoms with Gasteiger partial charge < -0.3 is 10.0 Å². The standard InChI is InChI=1S/C11H10FN3O/c12-10-1-2-11(9(7-10)8-16)15(5-3-13)6-4-14/h1-2,7,16H,5-6,8H2. The first-order valence-electron chi connectivity index (χ1n) is 4.61. The summed E-state index contributed by atoms with van der Waals surface area (Å²) in [6, 6.07) is 7.71. The summed E-state index contributed by atoms with van der Waals surface area (Å²) in [6.07, 6.45) is 0. The lowest BCUT2D eigenvalue weighted by Crippen LogP contribution is -2.25. The Balaban J connectivity index is 3.09. The van der Waals surface area contributed by atoms with Crippen LogP contribution in [0.1, 0.15) is 5.56 Å². The Morgan fingerprint density at radius 1 is 1.25 bits per heavy atom. The number of anilines is 1. The predicted octanol–water partition coefficient (Wildman–Crippen LogP) is 1.17. The Morgan fingerprint density at radius 3 is 2.38 bits per heavy atom. The van der Waals surface area contributed by atoms with Crippen LogP contribution in [0.3, 0.4) is 0 Å². The maximum absolute atomic E-state index is 12.9. The van der Waals surface area contributed by atoms with Crippen molar-refractivity contribution in [2.24, 2.45) is 0 Å². The zero-order valence-corrected chi connectivity index (χ0v) is 8.52. The Labute approximate surface area is 92.8 Å². The molecule has 0 bridgehead atoms. The summed E-state index contributed by atoms with van der Waals surface area (Å²) >= 11 is 0. The third-order valence-corrected chi connectivity index (χ3v) is 2.08. The van der Waals surface area contributed by atoms with E-state index in [2.05, 4.69) is 0 Å². The van der Waals surface area contributed by atoms with Gasteiger partial charge in [-0.15, -0.1) is 0 Å². The fraction of sp³-hybridized carbons (Fsp3) is 0.273. The minimum Gasteiger partial charge on any atom is -0.392 e. The second-order valence-corrected chi connectivity index (χ2v) is 3.10. The van der Waals surface area contributed by atoms with Crippen molar-refractivity contribution in [3.05, 3.63) is 29.6 Å². The molecule has 1 aromatic carbocycles. The van der Waals surface area contributed by atoms with Crippen molar-refractivity contribution in [2.45, 2.75) is 6.61 Å². The largest absolute Gasteiger partial charge is 0.392 e. The Kier molecular flexibility index (Phi) is 4.26. The Morgan fingerprint density at radius 2 is 1.88 bits per heavy atom. The molecule has 0 atom stereocenters. The van der Waals surface area contributed by atoms with Crippen molar-refractivity contribution in [1.82, 2.24) is 0 Å². The quantitative estimate of drug-likeness (QED) is 0.771. The van der Waals surface area contributed by atoms with Gasteiger partial charge in [-0.05, 0) is 18.2 Å². The van der Waals surface area contributed by atoms with Crippen LogP contribution in [0.2, 0.25) is 0 Å². The van der Waals surface area contributed by atoms with Gasteiger partial charge in [0.1, 0.15) is 18.9 Å². The molecule has 0 aliphatic rings. The van der Waals surface area contributed by atoms with Gasteiger partial charge >= 0.3 is 0 Å². The second kappa shape index (κ2) is 5.69. The summed E-state index contributed by atoms with van der Waals surface area (Å²) in [4.78, 5) is 1.48. The van der Waals surface area contributed by atoms with Crippen molar-refractivity contribution in [1.29, 1.82) is 10.5 Å². The van der Waals surface area contributed by atoms with Gasteiger partial charge in [-0.25, -0.2) is 4.39 Å². The van der Waals surface area contributed by atoms with Crippen molar-refractivity contribution >= 4 is 5.69 Å². The van der Waals surface area contributed by atoms with E-state index in [0.717, 1.165) is 0 Å². The molecule has 16 heavy (non-hydrogen) atoms. The van der Waals surface area contributed by atoms with Crippen LogP contribution >= 0.6 is 0 Å². The average Bonchev–Trinajstić information content (AvgIpc) is 2.28. The van der Waals surface area contributed by atoms with E-state index in [1.165, 1.54) is 23.1 Å². The summed E-state index contributed by atoms with van der Waals surface area (Å²) in [6.45, 7) is -0.293. The van der Waals surface area contributed by atoms with E-state index in [4.69, 9.17) is 15.6 Å². The van der Waals surface area contributed by atoms with Crippen LogP contribution in [0.5, 0.6) is 0 Å². The first-order valence-corrected chi connectivity index (χ1v) is 4.61. The number of aliphatic hydroxyl groups is 1. The molecule has 0 aliphatic heterocycles. The molecule has 0 saturated heterocycles. The van der Waals surface area contributed by atoms with Crippen LogP contribution in [-0.4, -0.2) is 18.2 Å². The number of nitriles is 2. The van der Waals surface area contributed by atoms with Gasteiger partial charge in [0.25, 0.3) is 0 Å². The SMILES string of the molecule is N#CCN(CC#N)c1ccc(F)cc1CO. The number of benzene rings is 1. The molecule has 0 fully saturated rings. The van der Waals surface area contributed by atoms with Gasteiger partial charge in [0.05, 0.1) is 18.7 Å². The molecule has 82 valence electrons. The van der Waals surface area contributed by atoms with Crippen molar-refractivity contribution < 1.29 is 9.50 Å². The molecule has 0 amide bonds. The molecule has 0 saturated carbocycles. The van der Waals surface area contributed by atoms with Crippen LogP contribution in [0.4, 0.5) is 10.1 Å². The van der Waals surface area contributed by atoms with Gasteiger partial charge in [0, 0.05) is 11.3 Å². The monoisotopic (exact) mass is 219 g/mol. The van der Waals surface area contributed by atoms with Crippen LogP contribution in [-0.2, 0) is 6.61 Å². The number of hydrogen-bond acceptors (Lipinski definition) is 4. The molecule has 0 unspecified atom stereocenters. The molecular formula is C11H10FN3O. The third kappa shape index (κ3) is 2.69. The molecule has 5 heteroatoms. The highest BCUT2D eigenvalue weighted by Gasteiger charge is 2.10. The zero-order valence-electron chi connectivity index (χ0n) is 8.52. The predicted molar refractivity (Wildman–Crippen MR) is 55.8 cm³/mol. The van der Waals surface area contributed by atoms with Crippen LogP contribution < -0.4 is 4.90 Å². The van der Waals surface area contributed by atoms with Crippen LogP contribution in [0.25, 0.3) is 0 Å². The van der Waals surface area contributed by atoms with E-state index in [9.17, 15) is 4.39 Å². The fourth-order valence-corrected chi connectivity index (χ4v) is 1.39. The molecular weight excluding hydrogens is 209 g/mol. The van der Waals surface area contributed by atoms with Gasteiger partial charge in [-0.1, -0.05) is 0 Å². The van der Waals surface area contributed by atoms with E-state index in [0.29, 0.717) is 11.3 Å². The number of hydrogen-bond donors (Lipinski definition) is 1. The van der Waals surface area contributed by atoms with Crippen LogP contribution in [0, 0.1) is 28.5 Å². The molecule has 0 aromatic heterocycles. The normalized spacial score (nSPS) is 9.25. The third-order valence-electron chi connectivity index (χ3n) is 2.08. The highest BCUT2D eigenvalue weighted by Crippen LogP contribution is 2.21. The van der Waals surface area contributed by atoms with E-state index in [1.807, 2.05) is 12.1 Å². The number of halogens is 1. The van der Waals surface area contributed by atoms with Gasteiger partial charge in [0.2, 0.25) is 0 Å². The fourth-order valence-electron chi connectivity index (χ4n) is 1.39. The lowest BCUT2D eigenvalue weighted by molar-refractivity contribution is 0.281. The molecule has 1 aromatic rings. The summed E-state index contributed by atoms with van der Waals surface area (Å²) in [7, 11) is 0. The molecule has 0 heterocycles. The average molecular weight is 219 g/mol. The minimum absolute atomic E-state index is 0.0200. The molecule has 0 spiro atoms. The summed E-state index contributed by atoms with van der Waals surface area (Å²) in [5.41, 5.74) is 0.873. The lowest BCUT2D eigenvalue weighted by Gasteiger charge is -2.20. The topological polar surface area (TPSA) is 71.0 Å². The van der Waals surface area contributed by atoms with Crippen molar-refractivity contribution in [2.75, 3.05) is 18.0 Å². The smallest absolute Gasteiger partial charge is 0.123 e. The maximum Gasteiger partial charge on any atom is 0.123 e. The van der Waals surface area contributed by atoms with E-state index in [1.54, 1.807) is 0 Å². The van der Waals surface area contributed by atoms with E-state index in [-0.39, 0.29) is 19.7 Å². The van der Waals surface area contributed by atoms with Crippen molar-refractivity contribution in [3.63, 3.8) is 0 Å². The Bertz CT molecular complexity index is 432. The molecule has 0 aliphatic carbocycles. The van der Waals surface area contributed by atoms with E-state index < -0.39 is 5.82 Å². The molecule has 4 nitrogen and oxygen atoms in total. The zero-order chi connectivity index (χ0) is 12.0. The van der Waals surface area contributed by atoms with Gasteiger partial charge in [-0.2, -0.15) is 10.5 Å². The minimum atomic E-state index is -0.457. The van der Waals surface area contributed by atoms with Crippen LogP contribution in [0.15, 0.2) is 18.2 Å². The molecule has 1 rings (SSSR count). The number of aliphatic hydroxyl groups excluding tert-OH is 1. The van der Waals surface area contributed by atoms with Gasteiger partial charge in [0.15, 0.2) is 0 Å². The summed E-state index contributed by atoms with van der Waals surface area (Å²) in [5.74, 6) is -0.457. The lowest BCUT2D eigenvalue weighted by atomic mass is 10.1. The molecule has 1 N–H and O–H groups in total. The second-order valence-electron chi connectivity index (χ2n) is 3.10. The maximum atomic E-state index is 12.9. The number of nitrogens with zero attached hydrogens (tertiary/aromatic N) is 3. The Hall–Kier alpha value is -2.11. The van der Waals surface area contributed by atoms with E-state index >= 15 is 0 Å². The van der Waals surface area contributed by atoms with Gasteiger partial charge in [-0.3, -0.25) is 0 Å². The molecule has 0 radical (unpaired) electrons. The highest BCUT2D eigenvalue weighted by molar-refractivity contribution is 5.55.